The molecule has 1 aliphatic heterocycles. The van der Waals surface area contributed by atoms with Crippen LogP contribution in [0.5, 0.6) is 0 Å². The smallest absolute Gasteiger partial charge is 0.306 e. The summed E-state index contributed by atoms with van der Waals surface area (Å²) in [5.41, 5.74) is 0. The van der Waals surface area contributed by atoms with E-state index in [1.807, 2.05) is 6.08 Å². The minimum absolute atomic E-state index is 0.0472. The second kappa shape index (κ2) is 3.40. The van der Waals surface area contributed by atoms with E-state index < -0.39 is 0 Å². The van der Waals surface area contributed by atoms with Gasteiger partial charge in [-0.15, -0.1) is 6.58 Å². The number of carbonyl (C=O) groups excluding carboxylic acids is 1. The van der Waals surface area contributed by atoms with Gasteiger partial charge in [-0.05, 0) is 19.3 Å². The van der Waals surface area contributed by atoms with Crippen molar-refractivity contribution >= 4 is 5.97 Å². The average molecular weight is 140 g/mol. The highest BCUT2D eigenvalue weighted by atomic mass is 16.5. The van der Waals surface area contributed by atoms with Crippen LogP contribution in [0, 0.1) is 0 Å². The maximum atomic E-state index is 10.6. The van der Waals surface area contributed by atoms with Crippen molar-refractivity contribution in [3.05, 3.63) is 12.7 Å². The molecule has 0 bridgehead atoms. The molecule has 0 N–H and O–H groups in total. The van der Waals surface area contributed by atoms with Gasteiger partial charge in [0, 0.05) is 6.42 Å². The largest absolute Gasteiger partial charge is 0.462 e. The Morgan fingerprint density at radius 3 is 3.10 bits per heavy atom. The minimum Gasteiger partial charge on any atom is -0.462 e. The molecule has 1 unspecified atom stereocenters. The molecule has 0 aromatic rings. The minimum atomic E-state index is -0.0472. The van der Waals surface area contributed by atoms with Gasteiger partial charge in [-0.1, -0.05) is 6.08 Å². The summed E-state index contributed by atoms with van der Waals surface area (Å²) in [6, 6.07) is 0. The van der Waals surface area contributed by atoms with E-state index in [1.54, 1.807) is 0 Å². The Bertz CT molecular complexity index is 140. The first-order chi connectivity index (χ1) is 4.83. The van der Waals surface area contributed by atoms with E-state index in [9.17, 15) is 4.79 Å². The molecule has 1 aliphatic rings. The van der Waals surface area contributed by atoms with Crippen LogP contribution in [0.3, 0.4) is 0 Å². The first-order valence-corrected chi connectivity index (χ1v) is 3.63. The van der Waals surface area contributed by atoms with Gasteiger partial charge in [0.1, 0.15) is 6.10 Å². The topological polar surface area (TPSA) is 26.3 Å². The highest BCUT2D eigenvalue weighted by molar-refractivity contribution is 5.71. The summed E-state index contributed by atoms with van der Waals surface area (Å²) in [4.78, 5) is 10.6. The maximum absolute atomic E-state index is 10.6. The molecule has 10 heavy (non-hydrogen) atoms. The standard InChI is InChI=1S/C8H12O2/c1-2-3-4-7-5-6-8(9)10-7/h2,7H,1,3-6H2. The van der Waals surface area contributed by atoms with Crippen molar-refractivity contribution < 1.29 is 9.53 Å². The number of cyclic esters (lactones) is 1. The lowest BCUT2D eigenvalue weighted by Crippen LogP contribution is -2.05. The lowest BCUT2D eigenvalue weighted by atomic mass is 10.1. The molecule has 0 spiro atoms. The molecule has 1 saturated heterocycles. The van der Waals surface area contributed by atoms with Gasteiger partial charge in [-0.25, -0.2) is 0 Å². The van der Waals surface area contributed by atoms with Crippen LogP contribution in [0.15, 0.2) is 12.7 Å². The van der Waals surface area contributed by atoms with Gasteiger partial charge in [0.05, 0.1) is 0 Å². The molecule has 0 radical (unpaired) electrons. The van der Waals surface area contributed by atoms with Crippen LogP contribution < -0.4 is 0 Å². The summed E-state index contributed by atoms with van der Waals surface area (Å²) < 4.78 is 4.98. The average Bonchev–Trinajstić information content (AvgIpc) is 2.31. The van der Waals surface area contributed by atoms with E-state index >= 15 is 0 Å². The zero-order chi connectivity index (χ0) is 7.40. The van der Waals surface area contributed by atoms with Crippen molar-refractivity contribution in [3.8, 4) is 0 Å². The zero-order valence-corrected chi connectivity index (χ0v) is 6.01. The van der Waals surface area contributed by atoms with Crippen molar-refractivity contribution in [2.24, 2.45) is 0 Å². The molecule has 1 rings (SSSR count). The fourth-order valence-corrected chi connectivity index (χ4v) is 1.09. The summed E-state index contributed by atoms with van der Waals surface area (Å²) in [5.74, 6) is -0.0472. The summed E-state index contributed by atoms with van der Waals surface area (Å²) in [5, 5.41) is 0. The van der Waals surface area contributed by atoms with Crippen molar-refractivity contribution in [3.63, 3.8) is 0 Å². The van der Waals surface area contributed by atoms with Crippen LogP contribution in [-0.4, -0.2) is 12.1 Å². The van der Waals surface area contributed by atoms with E-state index in [2.05, 4.69) is 6.58 Å². The molecule has 1 heterocycles. The normalized spacial score (nSPS) is 24.4. The van der Waals surface area contributed by atoms with E-state index in [0.717, 1.165) is 19.3 Å². The summed E-state index contributed by atoms with van der Waals surface area (Å²) in [6.45, 7) is 3.60. The molecule has 2 nitrogen and oxygen atoms in total. The summed E-state index contributed by atoms with van der Waals surface area (Å²) in [7, 11) is 0. The fraction of sp³-hybridized carbons (Fsp3) is 0.625. The Hall–Kier alpha value is -0.790. The highest BCUT2D eigenvalue weighted by Gasteiger charge is 2.21. The van der Waals surface area contributed by atoms with E-state index in [1.165, 1.54) is 0 Å². The van der Waals surface area contributed by atoms with Crippen LogP contribution in [-0.2, 0) is 9.53 Å². The monoisotopic (exact) mass is 140 g/mol. The third kappa shape index (κ3) is 1.87. The molecule has 0 amide bonds. The molecule has 1 atom stereocenters. The number of rotatable bonds is 3. The van der Waals surface area contributed by atoms with Gasteiger partial charge in [0.2, 0.25) is 0 Å². The number of ether oxygens (including phenoxy) is 1. The molecule has 56 valence electrons. The summed E-state index contributed by atoms with van der Waals surface area (Å²) >= 11 is 0. The summed E-state index contributed by atoms with van der Waals surface area (Å²) in [6.07, 6.45) is 5.40. The van der Waals surface area contributed by atoms with Gasteiger partial charge < -0.3 is 4.74 Å². The van der Waals surface area contributed by atoms with E-state index in [0.29, 0.717) is 6.42 Å². The molecule has 0 aromatic carbocycles. The number of carbonyl (C=O) groups is 1. The highest BCUT2D eigenvalue weighted by Crippen LogP contribution is 2.17. The van der Waals surface area contributed by atoms with Gasteiger partial charge >= 0.3 is 5.97 Å². The number of esters is 1. The van der Waals surface area contributed by atoms with Crippen molar-refractivity contribution in [2.45, 2.75) is 31.8 Å². The number of hydrogen-bond donors (Lipinski definition) is 0. The van der Waals surface area contributed by atoms with Gasteiger partial charge in [0.25, 0.3) is 0 Å². The van der Waals surface area contributed by atoms with E-state index in [-0.39, 0.29) is 12.1 Å². The van der Waals surface area contributed by atoms with Gasteiger partial charge in [0.15, 0.2) is 0 Å². The molecule has 0 aromatic heterocycles. The third-order valence-corrected chi connectivity index (χ3v) is 1.66. The SMILES string of the molecule is C=CCCC1CCC(=O)O1. The fourth-order valence-electron chi connectivity index (χ4n) is 1.09. The molecule has 0 aliphatic carbocycles. The molecular formula is C8H12O2. The Balaban J connectivity index is 2.18. The first kappa shape index (κ1) is 7.32. The second-order valence-corrected chi connectivity index (χ2v) is 2.52. The first-order valence-electron chi connectivity index (χ1n) is 3.63. The zero-order valence-electron chi connectivity index (χ0n) is 6.01. The number of hydrogen-bond acceptors (Lipinski definition) is 2. The number of allylic oxidation sites excluding steroid dienone is 1. The van der Waals surface area contributed by atoms with Crippen LogP contribution in [0.4, 0.5) is 0 Å². The predicted octanol–water partition coefficient (Wildman–Crippen LogP) is 1.66. The van der Waals surface area contributed by atoms with Gasteiger partial charge in [-0.2, -0.15) is 0 Å². The van der Waals surface area contributed by atoms with Crippen molar-refractivity contribution in [1.29, 1.82) is 0 Å². The lowest BCUT2D eigenvalue weighted by molar-refractivity contribution is -0.141. The van der Waals surface area contributed by atoms with Crippen LogP contribution in [0.2, 0.25) is 0 Å². The third-order valence-electron chi connectivity index (χ3n) is 1.66. The maximum Gasteiger partial charge on any atom is 0.306 e. The van der Waals surface area contributed by atoms with Crippen molar-refractivity contribution in [2.75, 3.05) is 0 Å². The molecule has 2 heteroatoms. The Kier molecular flexibility index (Phi) is 2.49. The van der Waals surface area contributed by atoms with Crippen molar-refractivity contribution in [1.82, 2.24) is 0 Å². The lowest BCUT2D eigenvalue weighted by Gasteiger charge is -2.05. The van der Waals surface area contributed by atoms with Crippen LogP contribution >= 0.6 is 0 Å². The van der Waals surface area contributed by atoms with Crippen LogP contribution in [0.1, 0.15) is 25.7 Å². The van der Waals surface area contributed by atoms with E-state index in [4.69, 9.17) is 4.74 Å². The second-order valence-electron chi connectivity index (χ2n) is 2.52. The predicted molar refractivity (Wildman–Crippen MR) is 38.5 cm³/mol. The van der Waals surface area contributed by atoms with Gasteiger partial charge in [-0.3, -0.25) is 4.79 Å². The quantitative estimate of drug-likeness (QED) is 0.440. The van der Waals surface area contributed by atoms with Crippen LogP contribution in [0.25, 0.3) is 0 Å². The Morgan fingerprint density at radius 1 is 1.80 bits per heavy atom. The molecule has 0 saturated carbocycles. The Labute approximate surface area is 60.9 Å². The molecular weight excluding hydrogens is 128 g/mol. The Morgan fingerprint density at radius 2 is 2.60 bits per heavy atom. The molecule has 1 fully saturated rings.